The van der Waals surface area contributed by atoms with Gasteiger partial charge in [0.2, 0.25) is 23.6 Å². The van der Waals surface area contributed by atoms with Gasteiger partial charge in [0.25, 0.3) is 0 Å². The second kappa shape index (κ2) is 30.9. The molecular formula is C83H76F10N8O10. The van der Waals surface area contributed by atoms with Gasteiger partial charge in [0, 0.05) is 71.7 Å². The van der Waals surface area contributed by atoms with Crippen molar-refractivity contribution >= 4 is 56.3 Å². The number of carboxylic acids is 1. The number of halogens is 10. The van der Waals surface area contributed by atoms with E-state index in [9.17, 15) is 58.6 Å². The first-order chi connectivity index (χ1) is 53.2. The third-order valence-corrected chi connectivity index (χ3v) is 21.7. The quantitative estimate of drug-likeness (QED) is 0.0557. The van der Waals surface area contributed by atoms with Crippen LogP contribution in [0.5, 0.6) is 11.5 Å². The zero-order chi connectivity index (χ0) is 77.9. The summed E-state index contributed by atoms with van der Waals surface area (Å²) in [5.74, 6) is -0.600. The highest BCUT2D eigenvalue weighted by Crippen LogP contribution is 2.45. The number of methoxy groups -OCH3 is 1. The Morgan fingerprint density at radius 3 is 1.05 bits per heavy atom. The number of oxazole rings is 4. The Morgan fingerprint density at radius 2 is 0.739 bits per heavy atom. The Hall–Kier alpha value is -10.7. The van der Waals surface area contributed by atoms with E-state index in [-0.39, 0.29) is 101 Å². The average Bonchev–Trinajstić information content (AvgIpc) is 1.67. The zero-order valence-electron chi connectivity index (χ0n) is 61.1. The molecule has 4 saturated heterocycles. The fourth-order valence-corrected chi connectivity index (χ4v) is 16.1. The van der Waals surface area contributed by atoms with E-state index in [1.54, 1.807) is 17.0 Å². The average molecular weight is 1540 g/mol. The van der Waals surface area contributed by atoms with Gasteiger partial charge in [0.15, 0.2) is 22.3 Å². The minimum Gasteiger partial charge on any atom is -0.480 e. The normalized spacial score (nSPS) is 16.9. The lowest BCUT2D eigenvalue weighted by molar-refractivity contribution is -0.146. The largest absolute Gasteiger partial charge is 0.480 e. The fraction of sp³-hybridized carbons (Fsp3) is 0.349. The van der Waals surface area contributed by atoms with E-state index in [0.717, 1.165) is 115 Å². The van der Waals surface area contributed by atoms with E-state index in [2.05, 4.69) is 9.97 Å². The first-order valence-corrected chi connectivity index (χ1v) is 36.6. The number of benzene rings is 8. The van der Waals surface area contributed by atoms with Crippen molar-refractivity contribution in [1.29, 1.82) is 0 Å². The Labute approximate surface area is 629 Å². The van der Waals surface area contributed by atoms with Crippen LogP contribution < -0.4 is 9.47 Å². The summed E-state index contributed by atoms with van der Waals surface area (Å²) in [5.41, 5.74) is 11.0. The lowest BCUT2D eigenvalue weighted by Crippen LogP contribution is -2.36. The van der Waals surface area contributed by atoms with E-state index < -0.39 is 54.8 Å². The van der Waals surface area contributed by atoms with E-state index in [4.69, 9.17) is 41.8 Å². The second-order valence-electron chi connectivity index (χ2n) is 28.6. The van der Waals surface area contributed by atoms with Gasteiger partial charge in [-0.3, -0.25) is 29.2 Å². The molecule has 111 heavy (non-hydrogen) atoms. The molecule has 4 fully saturated rings. The summed E-state index contributed by atoms with van der Waals surface area (Å²) in [5, 5.41) is 9.65. The number of rotatable bonds is 20. The highest BCUT2D eigenvalue weighted by molar-refractivity contribution is 5.88. The molecule has 0 bridgehead atoms. The molecule has 1 N–H and O–H groups in total. The molecule has 4 aliphatic heterocycles. The Balaban J connectivity index is 0.000000176. The maximum Gasteiger partial charge on any atom is 0.416 e. The third kappa shape index (κ3) is 15.6. The number of carboxylic acid groups (broad SMARTS) is 1. The number of aliphatic carboxylic acids is 1. The molecule has 578 valence electrons. The number of esters is 1. The van der Waals surface area contributed by atoms with Crippen molar-refractivity contribution in [3.8, 4) is 79.6 Å². The van der Waals surface area contributed by atoms with Gasteiger partial charge >= 0.3 is 37.5 Å². The van der Waals surface area contributed by atoms with Gasteiger partial charge < -0.3 is 37.0 Å². The molecule has 8 aromatic carbocycles. The van der Waals surface area contributed by atoms with Crippen molar-refractivity contribution in [2.45, 2.75) is 143 Å². The van der Waals surface area contributed by atoms with Crippen molar-refractivity contribution in [3.05, 3.63) is 177 Å². The van der Waals surface area contributed by atoms with Crippen LogP contribution in [-0.2, 0) is 52.9 Å². The monoisotopic (exact) mass is 1530 g/mol. The summed E-state index contributed by atoms with van der Waals surface area (Å²) in [6.45, 7) is 6.22. The van der Waals surface area contributed by atoms with Crippen molar-refractivity contribution in [2.24, 2.45) is 0 Å². The zero-order valence-corrected chi connectivity index (χ0v) is 61.1. The minimum absolute atomic E-state index is 0.0545. The predicted molar refractivity (Wildman–Crippen MR) is 394 cm³/mol. The van der Waals surface area contributed by atoms with Crippen molar-refractivity contribution in [2.75, 3.05) is 46.4 Å². The molecule has 0 radical (unpaired) electrons. The summed E-state index contributed by atoms with van der Waals surface area (Å²) in [6, 6.07) is 32.3. The summed E-state index contributed by atoms with van der Waals surface area (Å²) in [7, 11) is 1.32. The number of ether oxygens (including phenoxy) is 3. The SMILES string of the molecule is COC(=O)[C@@H]1CCCN1Cc1cc2nc(-c3cccc(-c4cccc(-c5nc6cc(CN7CCCC7)c(C(F)(F)F)cc6o5)c4C)c3C)oc2cc1OC(F)F.Cc1c(-c2nc3cc(CN4CCC[C@H]4C(=O)O)c(OC(F)F)cc3o2)cccc1-c1cccc(-c2nc3cc(CN4CCCC4)c(C(F)(F)F)cc3o2)c1C. The van der Waals surface area contributed by atoms with Crippen LogP contribution in [0.3, 0.4) is 0 Å². The van der Waals surface area contributed by atoms with Gasteiger partial charge in [0.05, 0.1) is 18.2 Å². The third-order valence-electron chi connectivity index (χ3n) is 21.7. The van der Waals surface area contributed by atoms with Crippen molar-refractivity contribution in [1.82, 2.24) is 39.5 Å². The molecular weight excluding hydrogens is 1460 g/mol. The molecule has 0 amide bonds. The standard InChI is InChI=1S/C42H39F5N4O5.C41H37F5N4O5/c1-23-27(9-6-11-29(23)38-48-32-17-25(21-50-14-4-5-15-50)31(42(45,46)47)19-36(32)54-38)28-10-7-12-30(24(28)2)39-49-33-18-26(35(56-41(43)44)20-37(33)55-39)22-51-16-8-13-34(51)40(52)53-3;1-22-26(8-5-10-28(22)37-47-31-16-24(20-49-13-3-4-14-49)30(41(44,45)46)18-35(31)53-37)27-9-6-11-29(23(27)2)38-48-32-17-25(21-50-15-7-12-33(50)39(51)52)34(55-40(42)43)19-36(32)54-38/h6-7,9-12,17-20,34,41H,4-5,8,13-16,21-22H2,1-3H3;5-6,8-11,16-19,33,40H,3-4,7,12-15,20-21H2,1-2H3,(H,51,52)/t34-;33-/m00/s1. The van der Waals surface area contributed by atoms with Gasteiger partial charge in [-0.05, 0) is 235 Å². The number of nitrogens with zero attached hydrogens (tertiary/aromatic N) is 8. The molecule has 2 atom stereocenters. The van der Waals surface area contributed by atoms with Crippen LogP contribution in [-0.4, -0.2) is 128 Å². The van der Waals surface area contributed by atoms with Crippen LogP contribution in [0.15, 0.2) is 139 Å². The summed E-state index contributed by atoms with van der Waals surface area (Å²) in [6.07, 6.45) is -2.75. The first-order valence-electron chi connectivity index (χ1n) is 36.6. The van der Waals surface area contributed by atoms with E-state index in [1.165, 1.54) is 31.4 Å². The van der Waals surface area contributed by atoms with Crippen molar-refractivity contribution < 1.29 is 90.5 Å². The lowest BCUT2D eigenvalue weighted by atomic mass is 9.91. The number of hydrogen-bond donors (Lipinski definition) is 1. The molecule has 0 unspecified atom stereocenters. The minimum atomic E-state index is -4.55. The lowest BCUT2D eigenvalue weighted by Gasteiger charge is -2.23. The van der Waals surface area contributed by atoms with Gasteiger partial charge in [-0.1, -0.05) is 48.5 Å². The molecule has 28 heteroatoms. The van der Waals surface area contributed by atoms with Gasteiger partial charge in [-0.25, -0.2) is 19.9 Å². The van der Waals surface area contributed by atoms with E-state index >= 15 is 0 Å². The van der Waals surface area contributed by atoms with Gasteiger partial charge in [-0.15, -0.1) is 0 Å². The van der Waals surface area contributed by atoms with Crippen LogP contribution in [0.4, 0.5) is 43.9 Å². The molecule has 18 nitrogen and oxygen atoms in total. The smallest absolute Gasteiger partial charge is 0.416 e. The Bertz CT molecular complexity index is 5520. The summed E-state index contributed by atoms with van der Waals surface area (Å²) >= 11 is 0. The van der Waals surface area contributed by atoms with Gasteiger partial charge in [0.1, 0.15) is 45.6 Å². The molecule has 0 aliphatic carbocycles. The number of fused-ring (bicyclic) bond motifs is 4. The topological polar surface area (TPSA) is 199 Å². The van der Waals surface area contributed by atoms with Gasteiger partial charge in [-0.2, -0.15) is 43.9 Å². The van der Waals surface area contributed by atoms with E-state index in [0.29, 0.717) is 87.8 Å². The van der Waals surface area contributed by atoms with Crippen molar-refractivity contribution in [3.63, 3.8) is 0 Å². The Kier molecular flexibility index (Phi) is 21.1. The molecule has 0 saturated carbocycles. The fourth-order valence-electron chi connectivity index (χ4n) is 16.1. The van der Waals surface area contributed by atoms with Crippen LogP contribution in [0.2, 0.25) is 0 Å². The highest BCUT2D eigenvalue weighted by atomic mass is 19.4. The summed E-state index contributed by atoms with van der Waals surface area (Å²) in [4.78, 5) is 50.6. The first kappa shape index (κ1) is 75.7. The molecule has 12 aromatic rings. The van der Waals surface area contributed by atoms with Crippen LogP contribution in [0.25, 0.3) is 112 Å². The van der Waals surface area contributed by atoms with E-state index in [1.807, 2.05) is 115 Å². The number of carbonyl (C=O) groups is 2. The highest BCUT2D eigenvalue weighted by Gasteiger charge is 2.39. The predicted octanol–water partition coefficient (Wildman–Crippen LogP) is 19.8. The number of likely N-dealkylation sites (tertiary alicyclic amines) is 4. The maximum absolute atomic E-state index is 14.2. The number of hydrogen-bond acceptors (Lipinski definition) is 17. The second-order valence-corrected chi connectivity index (χ2v) is 28.6. The molecule has 8 heterocycles. The maximum atomic E-state index is 14.2. The Morgan fingerprint density at radius 1 is 0.432 bits per heavy atom. The van der Waals surface area contributed by atoms with Crippen LogP contribution in [0.1, 0.15) is 107 Å². The molecule has 0 spiro atoms. The summed E-state index contributed by atoms with van der Waals surface area (Å²) < 4.78 is 178. The molecule has 4 aromatic heterocycles. The molecule has 16 rings (SSSR count). The number of carbonyl (C=O) groups excluding carboxylic acids is 1. The number of aromatic nitrogens is 4. The number of alkyl halides is 10. The molecule has 4 aliphatic rings. The van der Waals surface area contributed by atoms with Crippen LogP contribution >= 0.6 is 0 Å². The van der Waals surface area contributed by atoms with Crippen LogP contribution in [0, 0.1) is 27.7 Å².